The maximum Gasteiger partial charge on any atom is 0.256 e. The van der Waals surface area contributed by atoms with Gasteiger partial charge in [-0.3, -0.25) is 14.5 Å². The minimum atomic E-state index is -0.122. The van der Waals surface area contributed by atoms with E-state index >= 15 is 0 Å². The molecule has 0 saturated carbocycles. The minimum Gasteiger partial charge on any atom is -0.341 e. The van der Waals surface area contributed by atoms with Crippen molar-refractivity contribution in [2.45, 2.75) is 25.3 Å². The first kappa shape index (κ1) is 17.2. The van der Waals surface area contributed by atoms with Crippen LogP contribution in [-0.4, -0.2) is 66.0 Å². The van der Waals surface area contributed by atoms with E-state index in [2.05, 4.69) is 15.2 Å². The summed E-state index contributed by atoms with van der Waals surface area (Å²) in [6.07, 6.45) is 2.47. The summed E-state index contributed by atoms with van der Waals surface area (Å²) in [5.41, 5.74) is 0.575. The molecule has 0 spiro atoms. The summed E-state index contributed by atoms with van der Waals surface area (Å²) < 4.78 is 0. The van der Waals surface area contributed by atoms with E-state index in [1.807, 2.05) is 35.2 Å². The number of amides is 1. The second-order valence-corrected chi connectivity index (χ2v) is 7.31. The number of likely N-dealkylation sites (tertiary alicyclic amines) is 1. The Bertz CT molecular complexity index is 841. The Hall–Kier alpha value is -2.18. The van der Waals surface area contributed by atoms with Gasteiger partial charge in [0.05, 0.1) is 6.42 Å². The molecule has 0 radical (unpaired) electrons. The number of piperazine rings is 1. The molecule has 4 rings (SSSR count). The highest BCUT2D eigenvalue weighted by molar-refractivity contribution is 5.84. The molecule has 2 aliphatic heterocycles. The number of H-pyrrole nitrogens is 1. The van der Waals surface area contributed by atoms with E-state index in [1.54, 1.807) is 0 Å². The van der Waals surface area contributed by atoms with Crippen molar-refractivity contribution in [2.75, 3.05) is 39.3 Å². The van der Waals surface area contributed by atoms with Gasteiger partial charge in [0, 0.05) is 56.4 Å². The third-order valence-electron chi connectivity index (χ3n) is 5.57. The second-order valence-electron chi connectivity index (χ2n) is 7.31. The molecule has 138 valence electrons. The van der Waals surface area contributed by atoms with Crippen LogP contribution in [0.4, 0.5) is 0 Å². The molecule has 1 aromatic heterocycles. The molecule has 2 aliphatic rings. The SMILES string of the molecule is O=C(Cc1cc2ccccc2c(=O)[nH]1)N1CCCC(N2CCNCC2)C1. The molecule has 1 aromatic carbocycles. The average Bonchev–Trinajstić information content (AvgIpc) is 2.69. The molecule has 26 heavy (non-hydrogen) atoms. The summed E-state index contributed by atoms with van der Waals surface area (Å²) in [5, 5.41) is 4.94. The molecule has 2 saturated heterocycles. The van der Waals surface area contributed by atoms with Crippen LogP contribution in [0.1, 0.15) is 18.5 Å². The highest BCUT2D eigenvalue weighted by Gasteiger charge is 2.28. The summed E-state index contributed by atoms with van der Waals surface area (Å²) in [7, 11) is 0. The number of piperidine rings is 1. The number of fused-ring (bicyclic) bond motifs is 1. The number of rotatable bonds is 3. The standard InChI is InChI=1S/C20H26N4O2/c25-19(13-16-12-15-4-1-2-6-18(15)20(26)22-16)24-9-3-5-17(14-24)23-10-7-21-8-11-23/h1-2,4,6,12,17,21H,3,5,7-11,13-14H2,(H,22,26). The van der Waals surface area contributed by atoms with Gasteiger partial charge in [-0.05, 0) is 30.4 Å². The van der Waals surface area contributed by atoms with E-state index in [0.29, 0.717) is 17.1 Å². The van der Waals surface area contributed by atoms with Crippen molar-refractivity contribution in [1.29, 1.82) is 0 Å². The zero-order chi connectivity index (χ0) is 17.9. The van der Waals surface area contributed by atoms with Crippen LogP contribution in [0.25, 0.3) is 10.8 Å². The molecule has 1 unspecified atom stereocenters. The van der Waals surface area contributed by atoms with Gasteiger partial charge in [0.25, 0.3) is 5.56 Å². The summed E-state index contributed by atoms with van der Waals surface area (Å²) in [5.74, 6) is 0.107. The van der Waals surface area contributed by atoms with Gasteiger partial charge in [-0.15, -0.1) is 0 Å². The van der Waals surface area contributed by atoms with Crippen LogP contribution in [0.2, 0.25) is 0 Å². The molecule has 1 atom stereocenters. The third kappa shape index (κ3) is 3.66. The number of nitrogens with one attached hydrogen (secondary N) is 2. The zero-order valence-electron chi connectivity index (χ0n) is 15.0. The topological polar surface area (TPSA) is 68.4 Å². The van der Waals surface area contributed by atoms with Crippen molar-refractivity contribution in [3.8, 4) is 0 Å². The largest absolute Gasteiger partial charge is 0.341 e. The van der Waals surface area contributed by atoms with Crippen LogP contribution in [0.15, 0.2) is 35.1 Å². The van der Waals surface area contributed by atoms with Crippen molar-refractivity contribution < 1.29 is 4.79 Å². The molecule has 2 aromatic rings. The fourth-order valence-electron chi connectivity index (χ4n) is 4.16. The summed E-state index contributed by atoms with van der Waals surface area (Å²) in [4.78, 5) is 32.4. The molecule has 2 N–H and O–H groups in total. The van der Waals surface area contributed by atoms with Gasteiger partial charge >= 0.3 is 0 Å². The predicted octanol–water partition coefficient (Wildman–Crippen LogP) is 0.967. The Morgan fingerprint density at radius 3 is 2.81 bits per heavy atom. The molecule has 0 bridgehead atoms. The van der Waals surface area contributed by atoms with Crippen LogP contribution in [0, 0.1) is 0 Å². The zero-order valence-corrected chi connectivity index (χ0v) is 15.0. The van der Waals surface area contributed by atoms with Crippen molar-refractivity contribution >= 4 is 16.7 Å². The number of nitrogens with zero attached hydrogens (tertiary/aromatic N) is 2. The number of hydrogen-bond donors (Lipinski definition) is 2. The van der Waals surface area contributed by atoms with Crippen LogP contribution in [0.5, 0.6) is 0 Å². The van der Waals surface area contributed by atoms with E-state index < -0.39 is 0 Å². The van der Waals surface area contributed by atoms with Crippen molar-refractivity contribution in [1.82, 2.24) is 20.1 Å². The molecule has 6 heteroatoms. The lowest BCUT2D eigenvalue weighted by Crippen LogP contribution is -2.55. The monoisotopic (exact) mass is 354 g/mol. The Balaban J connectivity index is 1.45. The lowest BCUT2D eigenvalue weighted by atomic mass is 10.0. The predicted molar refractivity (Wildman–Crippen MR) is 102 cm³/mol. The van der Waals surface area contributed by atoms with Gasteiger partial charge in [0.1, 0.15) is 0 Å². The van der Waals surface area contributed by atoms with Crippen LogP contribution >= 0.6 is 0 Å². The van der Waals surface area contributed by atoms with Crippen LogP contribution in [-0.2, 0) is 11.2 Å². The first-order chi connectivity index (χ1) is 12.7. The molecule has 2 fully saturated rings. The number of aromatic nitrogens is 1. The average molecular weight is 354 g/mol. The van der Waals surface area contributed by atoms with E-state index in [9.17, 15) is 9.59 Å². The van der Waals surface area contributed by atoms with Crippen LogP contribution < -0.4 is 10.9 Å². The van der Waals surface area contributed by atoms with Crippen molar-refractivity contribution in [2.24, 2.45) is 0 Å². The quantitative estimate of drug-likeness (QED) is 0.862. The van der Waals surface area contributed by atoms with Gasteiger partial charge in [0.2, 0.25) is 5.91 Å². The van der Waals surface area contributed by atoms with Crippen LogP contribution in [0.3, 0.4) is 0 Å². The number of aromatic amines is 1. The third-order valence-corrected chi connectivity index (χ3v) is 5.57. The maximum atomic E-state index is 12.8. The van der Waals surface area contributed by atoms with E-state index in [4.69, 9.17) is 0 Å². The number of pyridine rings is 1. The Kier molecular flexibility index (Phi) is 5.04. The number of carbonyl (C=O) groups excluding carboxylic acids is 1. The van der Waals surface area contributed by atoms with E-state index in [-0.39, 0.29) is 17.9 Å². The molecular weight excluding hydrogens is 328 g/mol. The van der Waals surface area contributed by atoms with Crippen molar-refractivity contribution in [3.05, 3.63) is 46.4 Å². The molecule has 0 aliphatic carbocycles. The first-order valence-corrected chi connectivity index (χ1v) is 9.54. The van der Waals surface area contributed by atoms with E-state index in [0.717, 1.165) is 57.5 Å². The maximum absolute atomic E-state index is 12.8. The smallest absolute Gasteiger partial charge is 0.256 e. The summed E-state index contributed by atoms with van der Waals surface area (Å²) in [6.45, 7) is 5.80. The second kappa shape index (κ2) is 7.60. The van der Waals surface area contributed by atoms with E-state index in [1.165, 1.54) is 0 Å². The highest BCUT2D eigenvalue weighted by atomic mass is 16.2. The molecular formula is C20H26N4O2. The molecule has 3 heterocycles. The lowest BCUT2D eigenvalue weighted by Gasteiger charge is -2.41. The van der Waals surface area contributed by atoms with Gasteiger partial charge in [0.15, 0.2) is 0 Å². The van der Waals surface area contributed by atoms with Gasteiger partial charge in [-0.25, -0.2) is 0 Å². The minimum absolute atomic E-state index is 0.107. The Labute approximate surface area is 153 Å². The van der Waals surface area contributed by atoms with Gasteiger partial charge in [-0.1, -0.05) is 18.2 Å². The van der Waals surface area contributed by atoms with Gasteiger partial charge in [-0.2, -0.15) is 0 Å². The number of benzene rings is 1. The molecule has 1 amide bonds. The Morgan fingerprint density at radius 2 is 1.96 bits per heavy atom. The lowest BCUT2D eigenvalue weighted by molar-refractivity contribution is -0.132. The number of hydrogen-bond acceptors (Lipinski definition) is 4. The molecule has 6 nitrogen and oxygen atoms in total. The summed E-state index contributed by atoms with van der Waals surface area (Å²) in [6, 6.07) is 9.88. The number of carbonyl (C=O) groups is 1. The van der Waals surface area contributed by atoms with Crippen molar-refractivity contribution in [3.63, 3.8) is 0 Å². The fraction of sp³-hybridized carbons (Fsp3) is 0.500. The fourth-order valence-corrected chi connectivity index (χ4v) is 4.16. The Morgan fingerprint density at radius 1 is 1.15 bits per heavy atom. The highest BCUT2D eigenvalue weighted by Crippen LogP contribution is 2.18. The first-order valence-electron chi connectivity index (χ1n) is 9.54. The summed E-state index contributed by atoms with van der Waals surface area (Å²) >= 11 is 0. The normalized spacial score (nSPS) is 21.8. The van der Waals surface area contributed by atoms with Gasteiger partial charge < -0.3 is 15.2 Å².